The fraction of sp³-hybridized carbons (Fsp3) is 0.571. The molecule has 7 heteroatoms. The SMILES string of the molecule is C[C@@H]1O[C@H](N(C)OCc2cccc(I)c2)[C@@H](O)[C@H](O)[C@@H]1O. The van der Waals surface area contributed by atoms with E-state index >= 15 is 0 Å². The molecule has 0 aliphatic carbocycles. The quantitative estimate of drug-likeness (QED) is 0.496. The highest BCUT2D eigenvalue weighted by Gasteiger charge is 2.43. The third-order valence-corrected chi connectivity index (χ3v) is 4.18. The van der Waals surface area contributed by atoms with Gasteiger partial charge in [-0.2, -0.15) is 5.06 Å². The average Bonchev–Trinajstić information content (AvgIpc) is 2.46. The minimum Gasteiger partial charge on any atom is -0.388 e. The lowest BCUT2D eigenvalue weighted by Gasteiger charge is -2.42. The van der Waals surface area contributed by atoms with Crippen molar-refractivity contribution >= 4 is 22.6 Å². The van der Waals surface area contributed by atoms with Crippen LogP contribution in [0.2, 0.25) is 0 Å². The summed E-state index contributed by atoms with van der Waals surface area (Å²) in [6.45, 7) is 1.97. The highest BCUT2D eigenvalue weighted by atomic mass is 127. The van der Waals surface area contributed by atoms with E-state index in [4.69, 9.17) is 9.57 Å². The van der Waals surface area contributed by atoms with Crippen molar-refractivity contribution in [3.8, 4) is 0 Å². The van der Waals surface area contributed by atoms with Gasteiger partial charge < -0.3 is 20.1 Å². The van der Waals surface area contributed by atoms with Gasteiger partial charge in [0.1, 0.15) is 18.3 Å². The van der Waals surface area contributed by atoms with E-state index in [2.05, 4.69) is 22.6 Å². The minimum atomic E-state index is -1.26. The predicted molar refractivity (Wildman–Crippen MR) is 84.1 cm³/mol. The van der Waals surface area contributed by atoms with Crippen LogP contribution in [-0.2, 0) is 16.2 Å². The van der Waals surface area contributed by atoms with Crippen LogP contribution in [0.5, 0.6) is 0 Å². The van der Waals surface area contributed by atoms with E-state index in [1.54, 1.807) is 14.0 Å². The largest absolute Gasteiger partial charge is 0.388 e. The zero-order chi connectivity index (χ0) is 15.6. The summed E-state index contributed by atoms with van der Waals surface area (Å²) in [5.74, 6) is 0. The molecule has 2 rings (SSSR count). The van der Waals surface area contributed by atoms with Crippen LogP contribution in [0.25, 0.3) is 0 Å². The Balaban J connectivity index is 1.95. The first-order valence-electron chi connectivity index (χ1n) is 6.70. The molecule has 0 bridgehead atoms. The molecule has 0 saturated carbocycles. The van der Waals surface area contributed by atoms with Crippen molar-refractivity contribution in [2.45, 2.75) is 44.2 Å². The Morgan fingerprint density at radius 3 is 2.62 bits per heavy atom. The number of nitrogens with zero attached hydrogens (tertiary/aromatic N) is 1. The van der Waals surface area contributed by atoms with Crippen molar-refractivity contribution < 1.29 is 24.9 Å². The molecule has 0 unspecified atom stereocenters. The number of likely N-dealkylation sites (N-methyl/N-ethyl adjacent to an activating group) is 1. The number of rotatable bonds is 4. The molecular formula is C14H20INO5. The summed E-state index contributed by atoms with van der Waals surface area (Å²) in [5, 5.41) is 30.8. The van der Waals surface area contributed by atoms with Gasteiger partial charge in [-0.05, 0) is 47.2 Å². The lowest BCUT2D eigenvalue weighted by atomic mass is 9.99. The van der Waals surface area contributed by atoms with Crippen LogP contribution in [0.15, 0.2) is 24.3 Å². The maximum Gasteiger partial charge on any atom is 0.161 e. The highest BCUT2D eigenvalue weighted by Crippen LogP contribution is 2.23. The second-order valence-corrected chi connectivity index (χ2v) is 6.40. The number of hydrogen-bond donors (Lipinski definition) is 3. The third kappa shape index (κ3) is 4.13. The van der Waals surface area contributed by atoms with Gasteiger partial charge in [0.25, 0.3) is 0 Å². The van der Waals surface area contributed by atoms with Crippen molar-refractivity contribution in [2.75, 3.05) is 7.05 Å². The molecule has 1 aliphatic rings. The Kier molecular flexibility index (Phi) is 5.95. The number of aliphatic hydroxyl groups excluding tert-OH is 3. The first-order valence-corrected chi connectivity index (χ1v) is 7.78. The summed E-state index contributed by atoms with van der Waals surface area (Å²) in [6, 6.07) is 7.86. The van der Waals surface area contributed by atoms with E-state index in [0.29, 0.717) is 6.61 Å². The molecule has 1 saturated heterocycles. The second-order valence-electron chi connectivity index (χ2n) is 5.15. The maximum atomic E-state index is 9.98. The van der Waals surface area contributed by atoms with Gasteiger partial charge in [-0.25, -0.2) is 0 Å². The summed E-state index contributed by atoms with van der Waals surface area (Å²) < 4.78 is 6.60. The summed E-state index contributed by atoms with van der Waals surface area (Å²) in [7, 11) is 1.62. The van der Waals surface area contributed by atoms with Gasteiger partial charge in [0.15, 0.2) is 6.23 Å². The third-order valence-electron chi connectivity index (χ3n) is 3.51. The molecule has 118 valence electrons. The van der Waals surface area contributed by atoms with Gasteiger partial charge in [-0.1, -0.05) is 12.1 Å². The monoisotopic (exact) mass is 409 g/mol. The molecule has 1 aromatic carbocycles. The van der Waals surface area contributed by atoms with Crippen LogP contribution in [0.3, 0.4) is 0 Å². The van der Waals surface area contributed by atoms with Crippen molar-refractivity contribution in [1.29, 1.82) is 0 Å². The fourth-order valence-electron chi connectivity index (χ4n) is 2.21. The normalized spacial score (nSPS) is 33.4. The highest BCUT2D eigenvalue weighted by molar-refractivity contribution is 14.1. The minimum absolute atomic E-state index is 0.326. The number of benzene rings is 1. The molecule has 0 aromatic heterocycles. The molecule has 21 heavy (non-hydrogen) atoms. The lowest BCUT2D eigenvalue weighted by Crippen LogP contribution is -2.61. The standard InChI is InChI=1S/C14H20INO5/c1-8-11(17)12(18)13(19)14(21-8)16(2)20-7-9-4-3-5-10(15)6-9/h3-6,8,11-14,17-19H,7H2,1-2H3/t8-,11+,12+,13-,14-/m0/s1. The van der Waals surface area contributed by atoms with Gasteiger partial charge >= 0.3 is 0 Å². The molecule has 0 spiro atoms. The van der Waals surface area contributed by atoms with Gasteiger partial charge in [0.05, 0.1) is 12.7 Å². The summed E-state index contributed by atoms with van der Waals surface area (Å²) in [4.78, 5) is 5.58. The molecule has 0 radical (unpaired) electrons. The fourth-order valence-corrected chi connectivity index (χ4v) is 2.81. The van der Waals surface area contributed by atoms with Gasteiger partial charge in [0, 0.05) is 10.6 Å². The van der Waals surface area contributed by atoms with E-state index in [-0.39, 0.29) is 0 Å². The first-order chi connectivity index (χ1) is 9.90. The van der Waals surface area contributed by atoms with Crippen molar-refractivity contribution in [3.63, 3.8) is 0 Å². The number of hydrogen-bond acceptors (Lipinski definition) is 6. The first kappa shape index (κ1) is 17.1. The molecule has 3 N–H and O–H groups in total. The summed E-state index contributed by atoms with van der Waals surface area (Å²) in [6.07, 6.45) is -5.03. The predicted octanol–water partition coefficient (Wildman–Crippen LogP) is 0.482. The van der Waals surface area contributed by atoms with Crippen LogP contribution in [0.4, 0.5) is 0 Å². The van der Waals surface area contributed by atoms with Crippen molar-refractivity contribution in [2.24, 2.45) is 0 Å². The molecule has 6 nitrogen and oxygen atoms in total. The van der Waals surface area contributed by atoms with Crippen LogP contribution in [0.1, 0.15) is 12.5 Å². The summed E-state index contributed by atoms with van der Waals surface area (Å²) >= 11 is 2.22. The molecular weight excluding hydrogens is 389 g/mol. The van der Waals surface area contributed by atoms with Crippen LogP contribution in [0, 0.1) is 3.57 Å². The number of ether oxygens (including phenoxy) is 1. The molecule has 0 amide bonds. The molecule has 1 aliphatic heterocycles. The zero-order valence-corrected chi connectivity index (χ0v) is 14.0. The molecule has 1 heterocycles. The molecule has 5 atom stereocenters. The van der Waals surface area contributed by atoms with Crippen LogP contribution >= 0.6 is 22.6 Å². The zero-order valence-electron chi connectivity index (χ0n) is 11.9. The Bertz CT molecular complexity index is 474. The number of halogens is 1. The van der Waals surface area contributed by atoms with Crippen LogP contribution < -0.4 is 0 Å². The smallest absolute Gasteiger partial charge is 0.161 e. The number of hydroxylamine groups is 2. The van der Waals surface area contributed by atoms with E-state index in [1.165, 1.54) is 5.06 Å². The van der Waals surface area contributed by atoms with Gasteiger partial charge in [-0.3, -0.25) is 4.84 Å². The number of aliphatic hydroxyl groups is 3. The lowest BCUT2D eigenvalue weighted by molar-refractivity contribution is -0.325. The van der Waals surface area contributed by atoms with Gasteiger partial charge in [-0.15, -0.1) is 0 Å². The molecule has 1 fully saturated rings. The maximum absolute atomic E-state index is 9.98. The Labute approximate surface area is 137 Å². The van der Waals surface area contributed by atoms with Gasteiger partial charge in [0.2, 0.25) is 0 Å². The average molecular weight is 409 g/mol. The summed E-state index contributed by atoms with van der Waals surface area (Å²) in [5.41, 5.74) is 0.993. The molecule has 1 aromatic rings. The Morgan fingerprint density at radius 2 is 1.95 bits per heavy atom. The van der Waals surface area contributed by atoms with E-state index in [1.807, 2.05) is 24.3 Å². The van der Waals surface area contributed by atoms with E-state index in [0.717, 1.165) is 9.13 Å². The Morgan fingerprint density at radius 1 is 1.24 bits per heavy atom. The van der Waals surface area contributed by atoms with E-state index in [9.17, 15) is 15.3 Å². The second kappa shape index (κ2) is 7.32. The van der Waals surface area contributed by atoms with Crippen molar-refractivity contribution in [1.82, 2.24) is 5.06 Å². The van der Waals surface area contributed by atoms with Crippen LogP contribution in [-0.4, -0.2) is 58.1 Å². The van der Waals surface area contributed by atoms with Crippen molar-refractivity contribution in [3.05, 3.63) is 33.4 Å². The topological polar surface area (TPSA) is 82.4 Å². The van der Waals surface area contributed by atoms with E-state index < -0.39 is 30.6 Å². The Hall–Kier alpha value is -0.290.